The van der Waals surface area contributed by atoms with Gasteiger partial charge in [-0.3, -0.25) is 9.36 Å². The lowest BCUT2D eigenvalue weighted by atomic mass is 10.1. The molecule has 35 heavy (non-hydrogen) atoms. The standard InChI is InChI=1S/C23H24Cl2N4O4S2/c1-5-9-29-18(11-33-17-8-7-14(24)10-16(17)25)27-28-23(29)34-12-19(30)26-21-20(22(31)32-4)15(6-2)13(3)35-21/h5,7-8,10H,1,6,9,11-12H2,2-4H3,(H,26,30). The van der Waals surface area contributed by atoms with Gasteiger partial charge in [-0.05, 0) is 37.1 Å². The van der Waals surface area contributed by atoms with Gasteiger partial charge in [0.05, 0.1) is 23.4 Å². The van der Waals surface area contributed by atoms with Crippen LogP contribution in [0.15, 0.2) is 36.0 Å². The fourth-order valence-electron chi connectivity index (χ4n) is 3.28. The predicted molar refractivity (Wildman–Crippen MR) is 140 cm³/mol. The van der Waals surface area contributed by atoms with Gasteiger partial charge in [0.15, 0.2) is 11.0 Å². The first-order valence-corrected chi connectivity index (χ1v) is 13.1. The van der Waals surface area contributed by atoms with Crippen molar-refractivity contribution in [2.75, 3.05) is 18.2 Å². The number of nitrogens with zero attached hydrogens (tertiary/aromatic N) is 3. The Bertz CT molecular complexity index is 1240. The number of aryl methyl sites for hydroxylation is 1. The number of rotatable bonds is 11. The molecule has 1 amide bonds. The molecule has 1 aromatic carbocycles. The van der Waals surface area contributed by atoms with Gasteiger partial charge in [-0.1, -0.05) is 48.0 Å². The lowest BCUT2D eigenvalue weighted by Gasteiger charge is -2.10. The number of hydrogen-bond donors (Lipinski definition) is 1. The largest absolute Gasteiger partial charge is 0.484 e. The van der Waals surface area contributed by atoms with Crippen LogP contribution < -0.4 is 10.1 Å². The van der Waals surface area contributed by atoms with Crippen LogP contribution in [0.5, 0.6) is 5.75 Å². The van der Waals surface area contributed by atoms with Gasteiger partial charge in [-0.2, -0.15) is 0 Å². The molecule has 0 atom stereocenters. The Balaban J connectivity index is 1.69. The van der Waals surface area contributed by atoms with Crippen molar-refractivity contribution in [3.63, 3.8) is 0 Å². The monoisotopic (exact) mass is 554 g/mol. The van der Waals surface area contributed by atoms with Crippen LogP contribution in [-0.2, 0) is 29.1 Å². The highest BCUT2D eigenvalue weighted by atomic mass is 35.5. The number of hydrogen-bond acceptors (Lipinski definition) is 8. The summed E-state index contributed by atoms with van der Waals surface area (Å²) in [5, 5.41) is 13.1. The molecule has 3 rings (SSSR count). The number of methoxy groups -OCH3 is 1. The summed E-state index contributed by atoms with van der Waals surface area (Å²) in [6.45, 7) is 8.20. The smallest absolute Gasteiger partial charge is 0.341 e. The van der Waals surface area contributed by atoms with E-state index in [0.29, 0.717) is 50.3 Å². The molecular weight excluding hydrogens is 531 g/mol. The third-order valence-corrected chi connectivity index (χ3v) is 7.45. The number of carbonyl (C=O) groups is 2. The van der Waals surface area contributed by atoms with Crippen molar-refractivity contribution in [2.45, 2.75) is 38.6 Å². The number of nitrogens with one attached hydrogen (secondary N) is 1. The normalized spacial score (nSPS) is 10.8. The number of ether oxygens (including phenoxy) is 2. The number of aromatic nitrogens is 3. The summed E-state index contributed by atoms with van der Waals surface area (Å²) in [6.07, 6.45) is 2.36. The molecule has 0 aliphatic carbocycles. The number of halogens is 2. The van der Waals surface area contributed by atoms with Crippen LogP contribution in [0.3, 0.4) is 0 Å². The van der Waals surface area contributed by atoms with Gasteiger partial charge in [-0.25, -0.2) is 4.79 Å². The quantitative estimate of drug-likeness (QED) is 0.182. The first-order valence-electron chi connectivity index (χ1n) is 10.5. The van der Waals surface area contributed by atoms with Crippen molar-refractivity contribution in [1.29, 1.82) is 0 Å². The Morgan fingerprint density at radius 3 is 2.74 bits per heavy atom. The van der Waals surface area contributed by atoms with Crippen LogP contribution >= 0.6 is 46.3 Å². The molecule has 2 heterocycles. The Morgan fingerprint density at radius 2 is 2.09 bits per heavy atom. The summed E-state index contributed by atoms with van der Waals surface area (Å²) in [6, 6.07) is 4.95. The molecule has 0 bridgehead atoms. The average Bonchev–Trinajstić information content (AvgIpc) is 3.36. The van der Waals surface area contributed by atoms with E-state index in [1.807, 2.05) is 13.8 Å². The zero-order chi connectivity index (χ0) is 25.5. The summed E-state index contributed by atoms with van der Waals surface area (Å²) in [4.78, 5) is 25.9. The number of anilines is 1. The molecule has 12 heteroatoms. The molecule has 0 saturated carbocycles. The third kappa shape index (κ3) is 6.58. The van der Waals surface area contributed by atoms with Crippen LogP contribution in [0.1, 0.15) is 33.5 Å². The van der Waals surface area contributed by atoms with E-state index in [1.165, 1.54) is 30.2 Å². The van der Waals surface area contributed by atoms with Gasteiger partial charge in [0.25, 0.3) is 0 Å². The van der Waals surface area contributed by atoms with Crippen molar-refractivity contribution in [1.82, 2.24) is 14.8 Å². The van der Waals surface area contributed by atoms with Crippen molar-refractivity contribution in [3.05, 3.63) is 62.7 Å². The topological polar surface area (TPSA) is 95.3 Å². The van der Waals surface area contributed by atoms with E-state index in [-0.39, 0.29) is 18.3 Å². The highest BCUT2D eigenvalue weighted by Crippen LogP contribution is 2.34. The summed E-state index contributed by atoms with van der Waals surface area (Å²) in [5.41, 5.74) is 1.28. The number of thiophene rings is 1. The molecule has 8 nitrogen and oxygen atoms in total. The Hall–Kier alpha value is -2.53. The SMILES string of the molecule is C=CCn1c(COc2ccc(Cl)cc2Cl)nnc1SCC(=O)Nc1sc(C)c(CC)c1C(=O)OC. The van der Waals surface area contributed by atoms with Gasteiger partial charge >= 0.3 is 5.97 Å². The molecule has 0 radical (unpaired) electrons. The maximum absolute atomic E-state index is 12.7. The van der Waals surface area contributed by atoms with E-state index >= 15 is 0 Å². The molecule has 186 valence electrons. The number of allylic oxidation sites excluding steroid dienone is 1. The highest BCUT2D eigenvalue weighted by molar-refractivity contribution is 7.99. The van der Waals surface area contributed by atoms with Crippen molar-refractivity contribution in [3.8, 4) is 5.75 Å². The Kier molecular flexibility index (Phi) is 9.62. The average molecular weight is 556 g/mol. The van der Waals surface area contributed by atoms with Crippen LogP contribution in [-0.4, -0.2) is 39.5 Å². The summed E-state index contributed by atoms with van der Waals surface area (Å²) in [5.74, 6) is 0.344. The summed E-state index contributed by atoms with van der Waals surface area (Å²) in [7, 11) is 1.32. The number of thioether (sulfide) groups is 1. The van der Waals surface area contributed by atoms with Crippen molar-refractivity contribution < 1.29 is 19.1 Å². The first kappa shape index (κ1) is 27.1. The molecule has 0 fully saturated rings. The molecule has 0 aliphatic rings. The molecule has 1 N–H and O–H groups in total. The molecule has 0 saturated heterocycles. The summed E-state index contributed by atoms with van der Waals surface area (Å²) >= 11 is 14.7. The maximum atomic E-state index is 12.7. The van der Waals surface area contributed by atoms with E-state index < -0.39 is 5.97 Å². The van der Waals surface area contributed by atoms with Crippen molar-refractivity contribution >= 4 is 63.2 Å². The molecule has 0 spiro atoms. The third-order valence-electron chi connectivity index (χ3n) is 4.89. The van der Waals surface area contributed by atoms with Crippen LogP contribution in [0.2, 0.25) is 10.0 Å². The Labute approximate surface area is 221 Å². The molecule has 0 unspecified atom stereocenters. The van der Waals surface area contributed by atoms with Crippen LogP contribution in [0.4, 0.5) is 5.00 Å². The van der Waals surface area contributed by atoms with Gasteiger partial charge in [-0.15, -0.1) is 28.1 Å². The lowest BCUT2D eigenvalue weighted by Crippen LogP contribution is -2.17. The zero-order valence-corrected chi connectivity index (χ0v) is 22.5. The van der Waals surface area contributed by atoms with E-state index in [4.69, 9.17) is 32.7 Å². The minimum Gasteiger partial charge on any atom is -0.484 e. The fraction of sp³-hybridized carbons (Fsp3) is 0.304. The number of benzene rings is 1. The van der Waals surface area contributed by atoms with Gasteiger partial charge in [0.2, 0.25) is 5.91 Å². The maximum Gasteiger partial charge on any atom is 0.341 e. The highest BCUT2D eigenvalue weighted by Gasteiger charge is 2.23. The second-order valence-corrected chi connectivity index (χ2v) is 10.2. The number of amides is 1. The second-order valence-electron chi connectivity index (χ2n) is 7.18. The van der Waals surface area contributed by atoms with Gasteiger partial charge < -0.3 is 14.8 Å². The van der Waals surface area contributed by atoms with Gasteiger partial charge in [0, 0.05) is 16.4 Å². The van der Waals surface area contributed by atoms with Crippen LogP contribution in [0.25, 0.3) is 0 Å². The molecule has 0 aliphatic heterocycles. The van der Waals surface area contributed by atoms with Gasteiger partial charge in [0.1, 0.15) is 17.4 Å². The Morgan fingerprint density at radius 1 is 1.31 bits per heavy atom. The van der Waals surface area contributed by atoms with Crippen LogP contribution in [0, 0.1) is 6.92 Å². The zero-order valence-electron chi connectivity index (χ0n) is 19.4. The summed E-state index contributed by atoms with van der Waals surface area (Å²) < 4.78 is 12.5. The molecule has 2 aromatic heterocycles. The van der Waals surface area contributed by atoms with E-state index in [9.17, 15) is 9.59 Å². The van der Waals surface area contributed by atoms with E-state index in [1.54, 1.807) is 28.8 Å². The predicted octanol–water partition coefficient (Wildman–Crippen LogP) is 5.80. The van der Waals surface area contributed by atoms with Crippen molar-refractivity contribution in [2.24, 2.45) is 0 Å². The number of carbonyl (C=O) groups excluding carboxylic acids is 2. The second kappa shape index (κ2) is 12.4. The first-order chi connectivity index (χ1) is 16.8. The minimum atomic E-state index is -0.467. The van der Waals surface area contributed by atoms with E-state index in [0.717, 1.165) is 10.4 Å². The fourth-order valence-corrected chi connectivity index (χ4v) is 5.66. The van der Waals surface area contributed by atoms with E-state index in [2.05, 4.69) is 22.1 Å². The number of esters is 1. The lowest BCUT2D eigenvalue weighted by molar-refractivity contribution is -0.113. The minimum absolute atomic E-state index is 0.0676. The molecular formula is C23H24Cl2N4O4S2. The molecule has 3 aromatic rings.